The molecule has 0 aliphatic heterocycles. The predicted octanol–water partition coefficient (Wildman–Crippen LogP) is 3.30. The SMILES string of the molecule is Cc1noc(CNc2cc(Cl)cc(Cl)c2)n1. The second-order valence-electron chi connectivity index (χ2n) is 3.25. The molecular formula is C10H9Cl2N3O. The van der Waals surface area contributed by atoms with Crippen molar-refractivity contribution in [2.45, 2.75) is 13.5 Å². The molecule has 2 rings (SSSR count). The van der Waals surface area contributed by atoms with Crippen molar-refractivity contribution in [2.75, 3.05) is 5.32 Å². The molecular weight excluding hydrogens is 249 g/mol. The van der Waals surface area contributed by atoms with E-state index < -0.39 is 0 Å². The van der Waals surface area contributed by atoms with E-state index in [4.69, 9.17) is 27.7 Å². The highest BCUT2D eigenvalue weighted by Gasteiger charge is 2.03. The summed E-state index contributed by atoms with van der Waals surface area (Å²) in [4.78, 5) is 4.06. The third-order valence-corrected chi connectivity index (χ3v) is 2.31. The molecule has 0 atom stereocenters. The summed E-state index contributed by atoms with van der Waals surface area (Å²) in [6.07, 6.45) is 0. The van der Waals surface area contributed by atoms with Crippen LogP contribution in [0.3, 0.4) is 0 Å². The van der Waals surface area contributed by atoms with Gasteiger partial charge in [-0.1, -0.05) is 28.4 Å². The van der Waals surface area contributed by atoms with Crippen LogP contribution in [0.4, 0.5) is 5.69 Å². The van der Waals surface area contributed by atoms with E-state index in [1.165, 1.54) is 0 Å². The lowest BCUT2D eigenvalue weighted by molar-refractivity contribution is 0.379. The quantitative estimate of drug-likeness (QED) is 0.917. The molecule has 0 saturated carbocycles. The van der Waals surface area contributed by atoms with E-state index in [0.29, 0.717) is 28.3 Å². The van der Waals surface area contributed by atoms with Crippen LogP contribution in [0, 0.1) is 6.92 Å². The van der Waals surface area contributed by atoms with Gasteiger partial charge in [-0.05, 0) is 25.1 Å². The Morgan fingerprint density at radius 3 is 2.50 bits per heavy atom. The lowest BCUT2D eigenvalue weighted by Gasteiger charge is -2.04. The Morgan fingerprint density at radius 2 is 1.94 bits per heavy atom. The molecule has 4 nitrogen and oxygen atoms in total. The van der Waals surface area contributed by atoms with Gasteiger partial charge in [0.2, 0.25) is 5.89 Å². The second kappa shape index (κ2) is 4.72. The lowest BCUT2D eigenvalue weighted by Crippen LogP contribution is -1.99. The zero-order valence-electron chi connectivity index (χ0n) is 8.50. The third kappa shape index (κ3) is 2.87. The molecule has 2 aromatic rings. The molecule has 1 aromatic heterocycles. The molecule has 1 N–H and O–H groups in total. The summed E-state index contributed by atoms with van der Waals surface area (Å²) in [6.45, 7) is 2.21. The summed E-state index contributed by atoms with van der Waals surface area (Å²) in [5.41, 5.74) is 0.813. The molecule has 0 radical (unpaired) electrons. The predicted molar refractivity (Wildman–Crippen MR) is 62.8 cm³/mol. The van der Waals surface area contributed by atoms with Crippen LogP contribution in [0.15, 0.2) is 22.7 Å². The largest absolute Gasteiger partial charge is 0.376 e. The fourth-order valence-corrected chi connectivity index (χ4v) is 1.77. The molecule has 0 spiro atoms. The number of halogens is 2. The van der Waals surface area contributed by atoms with Gasteiger partial charge in [-0.3, -0.25) is 0 Å². The number of nitrogens with zero attached hydrogens (tertiary/aromatic N) is 2. The second-order valence-corrected chi connectivity index (χ2v) is 4.12. The highest BCUT2D eigenvalue weighted by molar-refractivity contribution is 6.35. The van der Waals surface area contributed by atoms with E-state index in [1.807, 2.05) is 0 Å². The van der Waals surface area contributed by atoms with Gasteiger partial charge < -0.3 is 9.84 Å². The average Bonchev–Trinajstić information content (AvgIpc) is 2.60. The van der Waals surface area contributed by atoms with Crippen LogP contribution in [-0.4, -0.2) is 10.1 Å². The van der Waals surface area contributed by atoms with E-state index in [0.717, 1.165) is 5.69 Å². The van der Waals surface area contributed by atoms with Crippen molar-refractivity contribution in [3.8, 4) is 0 Å². The number of hydrogen-bond donors (Lipinski definition) is 1. The molecule has 0 bridgehead atoms. The van der Waals surface area contributed by atoms with Gasteiger partial charge in [-0.2, -0.15) is 4.98 Å². The topological polar surface area (TPSA) is 51.0 Å². The minimum Gasteiger partial charge on any atom is -0.376 e. The van der Waals surface area contributed by atoms with Crippen molar-refractivity contribution < 1.29 is 4.52 Å². The molecule has 0 fully saturated rings. The fraction of sp³-hybridized carbons (Fsp3) is 0.200. The maximum absolute atomic E-state index is 5.86. The number of anilines is 1. The maximum atomic E-state index is 5.86. The first-order valence-corrected chi connectivity index (χ1v) is 5.38. The van der Waals surface area contributed by atoms with Gasteiger partial charge in [0, 0.05) is 15.7 Å². The summed E-state index contributed by atoms with van der Waals surface area (Å²) in [7, 11) is 0. The minimum atomic E-state index is 0.442. The summed E-state index contributed by atoms with van der Waals surface area (Å²) >= 11 is 11.7. The van der Waals surface area contributed by atoms with Gasteiger partial charge in [0.05, 0.1) is 6.54 Å². The molecule has 0 unspecified atom stereocenters. The molecule has 0 saturated heterocycles. The Bertz CT molecular complexity index is 478. The van der Waals surface area contributed by atoms with E-state index in [1.54, 1.807) is 25.1 Å². The third-order valence-electron chi connectivity index (χ3n) is 1.88. The van der Waals surface area contributed by atoms with Crippen LogP contribution < -0.4 is 5.32 Å². The molecule has 84 valence electrons. The summed E-state index contributed by atoms with van der Waals surface area (Å²) in [5.74, 6) is 1.13. The van der Waals surface area contributed by atoms with Crippen molar-refractivity contribution in [1.82, 2.24) is 10.1 Å². The van der Waals surface area contributed by atoms with Gasteiger partial charge in [-0.15, -0.1) is 0 Å². The molecule has 0 aliphatic rings. The van der Waals surface area contributed by atoms with Crippen molar-refractivity contribution in [3.63, 3.8) is 0 Å². The summed E-state index contributed by atoms with van der Waals surface area (Å²) < 4.78 is 4.96. The maximum Gasteiger partial charge on any atom is 0.245 e. The molecule has 0 amide bonds. The minimum absolute atomic E-state index is 0.442. The number of hydrogen-bond acceptors (Lipinski definition) is 4. The van der Waals surface area contributed by atoms with Gasteiger partial charge in [0.1, 0.15) is 0 Å². The monoisotopic (exact) mass is 257 g/mol. The first-order valence-electron chi connectivity index (χ1n) is 4.62. The van der Waals surface area contributed by atoms with Crippen LogP contribution in [0.5, 0.6) is 0 Å². The van der Waals surface area contributed by atoms with Crippen LogP contribution in [-0.2, 0) is 6.54 Å². The number of aromatic nitrogens is 2. The van der Waals surface area contributed by atoms with Crippen LogP contribution in [0.2, 0.25) is 10.0 Å². The molecule has 1 aromatic carbocycles. The van der Waals surface area contributed by atoms with Crippen LogP contribution >= 0.6 is 23.2 Å². The van der Waals surface area contributed by atoms with E-state index in [9.17, 15) is 0 Å². The molecule has 16 heavy (non-hydrogen) atoms. The Kier molecular flexibility index (Phi) is 3.31. The van der Waals surface area contributed by atoms with E-state index in [2.05, 4.69) is 15.5 Å². The van der Waals surface area contributed by atoms with Crippen molar-refractivity contribution >= 4 is 28.9 Å². The van der Waals surface area contributed by atoms with E-state index in [-0.39, 0.29) is 0 Å². The standard InChI is InChI=1S/C10H9Cl2N3O/c1-6-14-10(16-15-6)5-13-9-3-7(11)2-8(12)4-9/h2-4,13H,5H2,1H3. The first-order chi connectivity index (χ1) is 7.63. The Morgan fingerprint density at radius 1 is 1.25 bits per heavy atom. The first kappa shape index (κ1) is 11.2. The normalized spacial score (nSPS) is 10.4. The highest BCUT2D eigenvalue weighted by atomic mass is 35.5. The molecule has 6 heteroatoms. The average molecular weight is 258 g/mol. The van der Waals surface area contributed by atoms with Crippen LogP contribution in [0.1, 0.15) is 11.7 Å². The van der Waals surface area contributed by atoms with Gasteiger partial charge in [-0.25, -0.2) is 0 Å². The Labute approximate surface area is 103 Å². The van der Waals surface area contributed by atoms with Crippen molar-refractivity contribution in [3.05, 3.63) is 40.0 Å². The number of nitrogens with one attached hydrogen (secondary N) is 1. The molecule has 1 heterocycles. The zero-order chi connectivity index (χ0) is 11.5. The number of rotatable bonds is 3. The Balaban J connectivity index is 2.04. The van der Waals surface area contributed by atoms with Gasteiger partial charge in [0.15, 0.2) is 5.82 Å². The summed E-state index contributed by atoms with van der Waals surface area (Å²) in [6, 6.07) is 5.22. The van der Waals surface area contributed by atoms with Crippen LogP contribution in [0.25, 0.3) is 0 Å². The van der Waals surface area contributed by atoms with Crippen molar-refractivity contribution in [1.29, 1.82) is 0 Å². The Hall–Kier alpha value is -1.26. The van der Waals surface area contributed by atoms with Gasteiger partial charge in [0.25, 0.3) is 0 Å². The van der Waals surface area contributed by atoms with Gasteiger partial charge >= 0.3 is 0 Å². The molecule has 0 aliphatic carbocycles. The number of benzene rings is 1. The number of aryl methyl sites for hydroxylation is 1. The summed E-state index contributed by atoms with van der Waals surface area (Å²) in [5, 5.41) is 7.94. The zero-order valence-corrected chi connectivity index (χ0v) is 10.0. The van der Waals surface area contributed by atoms with E-state index >= 15 is 0 Å². The lowest BCUT2D eigenvalue weighted by atomic mass is 10.3. The van der Waals surface area contributed by atoms with Crippen molar-refractivity contribution in [2.24, 2.45) is 0 Å². The smallest absolute Gasteiger partial charge is 0.245 e. The highest BCUT2D eigenvalue weighted by Crippen LogP contribution is 2.22. The fourth-order valence-electron chi connectivity index (χ4n) is 1.25.